The van der Waals surface area contributed by atoms with Gasteiger partial charge in [0.25, 0.3) is 0 Å². The highest BCUT2D eigenvalue weighted by atomic mass is 32.1. The maximum atomic E-state index is 12.7. The summed E-state index contributed by atoms with van der Waals surface area (Å²) in [5.74, 6) is -0.192. The van der Waals surface area contributed by atoms with Crippen LogP contribution in [-0.4, -0.2) is 50.7 Å². The van der Waals surface area contributed by atoms with Crippen molar-refractivity contribution in [2.45, 2.75) is 45.0 Å². The van der Waals surface area contributed by atoms with Crippen LogP contribution in [0.5, 0.6) is 0 Å². The molecule has 2 heterocycles. The third kappa shape index (κ3) is 4.83. The molecule has 0 saturated heterocycles. The second-order valence-electron chi connectivity index (χ2n) is 7.91. The summed E-state index contributed by atoms with van der Waals surface area (Å²) < 4.78 is 39.0. The predicted molar refractivity (Wildman–Crippen MR) is 117 cm³/mol. The number of para-hydroxylation sites is 1. The zero-order chi connectivity index (χ0) is 23.0. The molecule has 4 rings (SSSR count). The number of halogens is 3. The fourth-order valence-electron chi connectivity index (χ4n) is 3.85. The van der Waals surface area contributed by atoms with Crippen LogP contribution in [0.3, 0.4) is 0 Å². The van der Waals surface area contributed by atoms with Crippen molar-refractivity contribution in [3.8, 4) is 10.6 Å². The Bertz CT molecular complexity index is 1120. The molecule has 170 valence electrons. The lowest BCUT2D eigenvalue weighted by Gasteiger charge is -2.20. The number of ketones is 1. The van der Waals surface area contributed by atoms with Crippen molar-refractivity contribution in [1.82, 2.24) is 15.0 Å². The molecule has 1 aliphatic rings. The van der Waals surface area contributed by atoms with Crippen LogP contribution in [0.4, 0.5) is 24.9 Å². The van der Waals surface area contributed by atoms with Crippen molar-refractivity contribution in [2.24, 2.45) is 5.92 Å². The van der Waals surface area contributed by atoms with E-state index in [4.69, 9.17) is 0 Å². The summed E-state index contributed by atoms with van der Waals surface area (Å²) in [6.45, 7) is 1.89. The van der Waals surface area contributed by atoms with Crippen LogP contribution >= 0.6 is 11.3 Å². The van der Waals surface area contributed by atoms with Gasteiger partial charge in [0.05, 0.1) is 33.6 Å². The molecule has 3 aromatic rings. The van der Waals surface area contributed by atoms with Gasteiger partial charge in [-0.25, -0.2) is 9.97 Å². The van der Waals surface area contributed by atoms with Gasteiger partial charge in [0.2, 0.25) is 5.95 Å². The first-order chi connectivity index (χ1) is 15.1. The number of fused-ring (bicyclic) bond motifs is 1. The first kappa shape index (κ1) is 22.4. The molecule has 3 N–H and O–H groups in total. The minimum atomic E-state index is -4.42. The number of anilines is 2. The van der Waals surface area contributed by atoms with Gasteiger partial charge in [0, 0.05) is 5.92 Å². The number of nitrogens with zero attached hydrogens (tertiary/aromatic N) is 3. The number of Topliss-reactive ketones (excluding diaryl/α,β-unsaturated/α-hetero) is 1. The van der Waals surface area contributed by atoms with Crippen LogP contribution in [0.2, 0.25) is 0 Å². The number of nitrogens with one attached hydrogen (secondary N) is 2. The normalized spacial score (nSPS) is 21.1. The van der Waals surface area contributed by atoms with E-state index in [0.717, 1.165) is 10.2 Å². The van der Waals surface area contributed by atoms with Crippen molar-refractivity contribution < 1.29 is 23.1 Å². The van der Waals surface area contributed by atoms with Gasteiger partial charge in [0.15, 0.2) is 0 Å². The number of rotatable bonds is 6. The Hall–Kier alpha value is -2.79. The smallest absolute Gasteiger partial charge is 0.391 e. The van der Waals surface area contributed by atoms with Crippen LogP contribution < -0.4 is 10.6 Å². The van der Waals surface area contributed by atoms with E-state index in [-0.39, 0.29) is 23.5 Å². The molecule has 2 aromatic heterocycles. The standard InChI is InChI=1S/C21H22F3N5O2S/c1-10-17(19-28-13-5-3-4-6-16(13)32-19)18(29-20(26-10)25-9-21(22,23)24)27-14-7-12(11(2)30)8-15(14)31/h3-6,12,14-15,31H,7-9H2,1-2H3,(H2,25,26,27,29). The highest BCUT2D eigenvalue weighted by Crippen LogP contribution is 2.38. The van der Waals surface area contributed by atoms with Gasteiger partial charge < -0.3 is 15.7 Å². The van der Waals surface area contributed by atoms with Crippen LogP contribution in [0, 0.1) is 12.8 Å². The van der Waals surface area contributed by atoms with Gasteiger partial charge in [-0.15, -0.1) is 11.3 Å². The molecule has 0 bridgehead atoms. The summed E-state index contributed by atoms with van der Waals surface area (Å²) in [6, 6.07) is 7.10. The van der Waals surface area contributed by atoms with Crippen LogP contribution in [-0.2, 0) is 4.79 Å². The Balaban J connectivity index is 1.73. The van der Waals surface area contributed by atoms with E-state index in [2.05, 4.69) is 25.6 Å². The van der Waals surface area contributed by atoms with E-state index in [0.29, 0.717) is 29.1 Å². The molecule has 7 nitrogen and oxygen atoms in total. The van der Waals surface area contributed by atoms with Crippen LogP contribution in [0.1, 0.15) is 25.5 Å². The van der Waals surface area contributed by atoms with Gasteiger partial charge in [0.1, 0.15) is 23.2 Å². The maximum absolute atomic E-state index is 12.7. The molecular formula is C21H22F3N5O2S. The number of aryl methyl sites for hydroxylation is 1. The molecule has 0 amide bonds. The molecule has 1 aromatic carbocycles. The lowest BCUT2D eigenvalue weighted by atomic mass is 10.0. The van der Waals surface area contributed by atoms with E-state index in [1.54, 1.807) is 6.92 Å². The Morgan fingerprint density at radius 1 is 1.22 bits per heavy atom. The minimum absolute atomic E-state index is 0.00820. The number of alkyl halides is 3. The number of aliphatic hydroxyl groups excluding tert-OH is 1. The van der Waals surface area contributed by atoms with Crippen LogP contribution in [0.15, 0.2) is 24.3 Å². The Kier molecular flexibility index (Phi) is 6.04. The quantitative estimate of drug-likeness (QED) is 0.502. The largest absolute Gasteiger partial charge is 0.405 e. The second kappa shape index (κ2) is 8.62. The van der Waals surface area contributed by atoms with Gasteiger partial charge >= 0.3 is 6.18 Å². The van der Waals surface area contributed by atoms with Crippen molar-refractivity contribution >= 4 is 39.1 Å². The Labute approximate surface area is 186 Å². The summed E-state index contributed by atoms with van der Waals surface area (Å²) in [7, 11) is 0. The van der Waals surface area contributed by atoms with E-state index < -0.39 is 24.9 Å². The fraction of sp³-hybridized carbons (Fsp3) is 0.429. The molecule has 0 aliphatic heterocycles. The number of aromatic nitrogens is 3. The molecule has 1 fully saturated rings. The molecule has 1 aliphatic carbocycles. The Morgan fingerprint density at radius 3 is 2.62 bits per heavy atom. The molecule has 0 radical (unpaired) electrons. The van der Waals surface area contributed by atoms with Crippen molar-refractivity contribution in [2.75, 3.05) is 17.2 Å². The minimum Gasteiger partial charge on any atom is -0.391 e. The summed E-state index contributed by atoms with van der Waals surface area (Å²) >= 11 is 1.42. The number of thiazole rings is 1. The van der Waals surface area contributed by atoms with Crippen molar-refractivity contribution in [1.29, 1.82) is 0 Å². The molecule has 32 heavy (non-hydrogen) atoms. The topological polar surface area (TPSA) is 100 Å². The molecule has 3 unspecified atom stereocenters. The number of hydrogen-bond acceptors (Lipinski definition) is 8. The van der Waals surface area contributed by atoms with Gasteiger partial charge in [-0.1, -0.05) is 12.1 Å². The molecule has 11 heteroatoms. The third-order valence-electron chi connectivity index (χ3n) is 5.47. The third-order valence-corrected chi connectivity index (χ3v) is 6.52. The zero-order valence-electron chi connectivity index (χ0n) is 17.4. The average molecular weight is 466 g/mol. The summed E-state index contributed by atoms with van der Waals surface area (Å²) in [6.07, 6.45) is -4.47. The van der Waals surface area contributed by atoms with E-state index in [9.17, 15) is 23.1 Å². The SMILES string of the molecule is CC(=O)C1CC(O)C(Nc2nc(NCC(F)(F)F)nc(C)c2-c2nc3ccccc3s2)C1. The van der Waals surface area contributed by atoms with Crippen molar-refractivity contribution in [3.63, 3.8) is 0 Å². The lowest BCUT2D eigenvalue weighted by molar-refractivity contribution is -0.120. The number of carbonyl (C=O) groups is 1. The zero-order valence-corrected chi connectivity index (χ0v) is 18.2. The van der Waals surface area contributed by atoms with E-state index >= 15 is 0 Å². The first-order valence-electron chi connectivity index (χ1n) is 10.1. The van der Waals surface area contributed by atoms with Gasteiger partial charge in [-0.05, 0) is 38.8 Å². The number of benzene rings is 1. The summed E-state index contributed by atoms with van der Waals surface area (Å²) in [5, 5.41) is 16.4. The maximum Gasteiger partial charge on any atom is 0.405 e. The van der Waals surface area contributed by atoms with Crippen molar-refractivity contribution in [3.05, 3.63) is 30.0 Å². The highest BCUT2D eigenvalue weighted by Gasteiger charge is 2.36. The number of aliphatic hydroxyl groups is 1. The second-order valence-corrected chi connectivity index (χ2v) is 8.94. The fourth-order valence-corrected chi connectivity index (χ4v) is 4.91. The lowest BCUT2D eigenvalue weighted by Crippen LogP contribution is -2.29. The van der Waals surface area contributed by atoms with E-state index in [1.807, 2.05) is 24.3 Å². The van der Waals surface area contributed by atoms with Gasteiger partial charge in [-0.2, -0.15) is 18.2 Å². The average Bonchev–Trinajstić information content (AvgIpc) is 3.29. The Morgan fingerprint density at radius 2 is 1.97 bits per heavy atom. The summed E-state index contributed by atoms with van der Waals surface area (Å²) in [4.78, 5) is 24.9. The number of carbonyl (C=O) groups excluding carboxylic acids is 1. The molecular weight excluding hydrogens is 443 g/mol. The molecule has 3 atom stereocenters. The van der Waals surface area contributed by atoms with Crippen LogP contribution in [0.25, 0.3) is 20.8 Å². The first-order valence-corrected chi connectivity index (χ1v) is 10.9. The molecule has 1 saturated carbocycles. The highest BCUT2D eigenvalue weighted by molar-refractivity contribution is 7.21. The number of hydrogen-bond donors (Lipinski definition) is 3. The summed E-state index contributed by atoms with van der Waals surface area (Å²) in [5.41, 5.74) is 1.79. The van der Waals surface area contributed by atoms with E-state index in [1.165, 1.54) is 18.3 Å². The monoisotopic (exact) mass is 465 g/mol. The molecule has 0 spiro atoms. The predicted octanol–water partition coefficient (Wildman–Crippen LogP) is 4.18. The van der Waals surface area contributed by atoms with Gasteiger partial charge in [-0.3, -0.25) is 4.79 Å².